The molecule has 4 fully saturated rings. The van der Waals surface area contributed by atoms with Crippen molar-refractivity contribution >= 4 is 105 Å². The van der Waals surface area contributed by atoms with Gasteiger partial charge in [0.1, 0.15) is 85.9 Å². The Labute approximate surface area is 881 Å². The minimum absolute atomic E-state index is 0. The van der Waals surface area contributed by atoms with E-state index in [1.54, 1.807) is 35.4 Å². The molecule has 0 bridgehead atoms. The molecule has 4 aliphatic heterocycles. The second kappa shape index (κ2) is 49.9. The molecule has 0 unspecified atom stereocenters. The second-order valence-corrected chi connectivity index (χ2v) is 40.0. The zero-order valence-electron chi connectivity index (χ0n) is 87.8. The molecule has 774 valence electrons. The molecule has 20 rings (SSSR count). The van der Waals surface area contributed by atoms with Crippen LogP contribution in [-0.4, -0.2) is 187 Å². The van der Waals surface area contributed by atoms with Crippen LogP contribution < -0.4 is 52.3 Å². The number of imidazole rings is 2. The number of hydrogen-bond acceptors (Lipinski definition) is 27. The average molecular weight is 2090 g/mol. The van der Waals surface area contributed by atoms with E-state index in [0.717, 1.165) is 210 Å². The van der Waals surface area contributed by atoms with Gasteiger partial charge in [-0.1, -0.05) is 152 Å². The van der Waals surface area contributed by atoms with Crippen molar-refractivity contribution in [1.82, 2.24) is 64.5 Å². The number of hydrogen-bond donors (Lipinski definition) is 5. The van der Waals surface area contributed by atoms with E-state index in [9.17, 15) is 9.59 Å². The third kappa shape index (κ3) is 28.8. The first kappa shape index (κ1) is 110. The number of piperazine rings is 3. The Morgan fingerprint density at radius 3 is 1.17 bits per heavy atom. The standard InChI is InChI=1S/C34H38N6O3.C29H30N6O.C16H24N2O3.C11H18BNO3.C10H11N3O.C8H7N.C5H5BrN2.ClH/c1-23-30(24(2)43-37-23)27-15-16-40-29(21-27)36-31(32(40)35-22-25-9-7-6-8-10-25)26-11-13-28(14-12-26)38-17-19-39(20-18-38)33(41)42-34(3,4)5;1-20-27(21(2)36-33-20)24-12-15-35-26(18-24)32-28(29(35)31-19-22-6-4-3-5-7-22)23-8-10-25(11-9-23)34-16-13-30-14-17-34;1-16(2,3)21-15(19)18-11-9-17(10-12-18)13-5-7-14(20-4)8-6-13;1-7-9(8(2)14-13-7)12-15-10(3,4)11(5,6)16-12;1-6-10(7(2)14-13-6)8-3-4-12-9(11)5-8;1-9-7-8-5-3-2-4-6-8;6-4-1-2-8-5(7)3-4;/h6-16,21,35H,17-20,22H2,1-5H3;3-12,15,18,30-31H,13-14,16-17,19H2,1-2H3;5-8H,9-12H2,1-4H3;1-6H3;3-5H,1-2H3,(H2,11,12);2-6H,7H2;1-3H,(H2,7,8);1H. The maximum absolute atomic E-state index is 12.5. The molecule has 0 saturated carbocycles. The molecule has 148 heavy (non-hydrogen) atoms. The zero-order valence-corrected chi connectivity index (χ0v) is 90.2. The van der Waals surface area contributed by atoms with Gasteiger partial charge in [0.05, 0.1) is 41.1 Å². The first-order chi connectivity index (χ1) is 70.4. The van der Waals surface area contributed by atoms with E-state index >= 15 is 0 Å². The molecule has 35 heteroatoms. The molecule has 4 saturated heterocycles. The largest absolute Gasteiger partial charge is 0.500 e. The van der Waals surface area contributed by atoms with Gasteiger partial charge in [0.2, 0.25) is 6.54 Å². The molecule has 6 aromatic carbocycles. The highest BCUT2D eigenvalue weighted by Crippen LogP contribution is 2.40. The number of aryl methyl sites for hydroxylation is 8. The number of nitrogen functional groups attached to an aromatic ring is 2. The number of anilines is 7. The van der Waals surface area contributed by atoms with Crippen LogP contribution in [0.5, 0.6) is 5.75 Å². The molecule has 4 aliphatic rings. The molecule has 0 spiro atoms. The van der Waals surface area contributed by atoms with E-state index in [0.29, 0.717) is 57.4 Å². The van der Waals surface area contributed by atoms with E-state index in [1.807, 2.05) is 222 Å². The predicted molar refractivity (Wildman–Crippen MR) is 593 cm³/mol. The number of carbonyl (C=O) groups is 2. The topological polar surface area (TPSA) is 353 Å². The van der Waals surface area contributed by atoms with Gasteiger partial charge >= 0.3 is 19.3 Å². The summed E-state index contributed by atoms with van der Waals surface area (Å²) in [5.74, 6) is 6.97. The number of nitrogens with zero attached hydrogens (tertiary/aromatic N) is 16. The van der Waals surface area contributed by atoms with Gasteiger partial charge in [0, 0.05) is 177 Å². The number of pyridine rings is 4. The van der Waals surface area contributed by atoms with Gasteiger partial charge in [-0.05, 0) is 250 Å². The van der Waals surface area contributed by atoms with E-state index in [4.69, 9.17) is 69.6 Å². The highest BCUT2D eigenvalue weighted by atomic mass is 79.9. The normalized spacial score (nSPS) is 14.1. The number of carbonyl (C=O) groups excluding carboxylic acids is 2. The minimum Gasteiger partial charge on any atom is -0.497 e. The summed E-state index contributed by atoms with van der Waals surface area (Å²) in [6, 6.07) is 71.5. The number of nitrogens with one attached hydrogen (secondary N) is 3. The molecule has 7 N–H and O–H groups in total. The van der Waals surface area contributed by atoms with Gasteiger partial charge in [-0.2, -0.15) is 0 Å². The molecular weight excluding hydrogens is 1950 g/mol. The first-order valence-corrected chi connectivity index (χ1v) is 50.1. The van der Waals surface area contributed by atoms with Crippen molar-refractivity contribution in [2.45, 2.75) is 167 Å². The van der Waals surface area contributed by atoms with Crippen LogP contribution in [0.3, 0.4) is 0 Å². The molecule has 0 aliphatic carbocycles. The fourth-order valence-electron chi connectivity index (χ4n) is 17.2. The number of ether oxygens (including phenoxy) is 3. The van der Waals surface area contributed by atoms with Gasteiger partial charge in [0.25, 0.3) is 0 Å². The summed E-state index contributed by atoms with van der Waals surface area (Å²) in [7, 11) is 1.28. The molecule has 0 radical (unpaired) electrons. The number of nitrogens with two attached hydrogens (primary N) is 2. The van der Waals surface area contributed by atoms with Crippen LogP contribution >= 0.6 is 28.3 Å². The number of fused-ring (bicyclic) bond motifs is 2. The first-order valence-electron chi connectivity index (χ1n) is 49.3. The Kier molecular flexibility index (Phi) is 37.2. The van der Waals surface area contributed by atoms with Crippen molar-refractivity contribution in [1.29, 1.82) is 0 Å². The summed E-state index contributed by atoms with van der Waals surface area (Å²) in [5, 5.41) is 26.8. The fourth-order valence-corrected chi connectivity index (χ4v) is 17.6. The van der Waals surface area contributed by atoms with Crippen LogP contribution in [-0.2, 0) is 38.4 Å². The van der Waals surface area contributed by atoms with Crippen LogP contribution in [0.25, 0.3) is 72.0 Å². The lowest BCUT2D eigenvalue weighted by atomic mass is 9.77. The monoisotopic (exact) mass is 2090 g/mol. The Bertz CT molecular complexity index is 6970. The Balaban J connectivity index is 0.000000155. The highest BCUT2D eigenvalue weighted by molar-refractivity contribution is 9.10. The van der Waals surface area contributed by atoms with Crippen molar-refractivity contribution in [3.63, 3.8) is 0 Å². The fraction of sp³-hybridized carbons (Fsp3) is 0.336. The summed E-state index contributed by atoms with van der Waals surface area (Å²) < 4.78 is 54.3. The summed E-state index contributed by atoms with van der Waals surface area (Å²) in [4.78, 5) is 56.2. The van der Waals surface area contributed by atoms with E-state index in [2.05, 4.69) is 212 Å². The third-order valence-electron chi connectivity index (χ3n) is 25.5. The Hall–Kier alpha value is -15.0. The summed E-state index contributed by atoms with van der Waals surface area (Å²) >= 11 is 3.24. The molecule has 0 atom stereocenters. The van der Waals surface area contributed by atoms with Crippen LogP contribution in [0, 0.1) is 62.0 Å². The SMILES string of the molecule is COc1ccc(N2CCN(C(=O)OC(C)(C)C)CC2)cc1.Cc1noc(C)c1-c1ccn2c(NCc3ccccc3)c(-c3ccc(N4CCN(C(=O)OC(C)(C)C)CC4)cc3)nc2c1.Cc1noc(C)c1-c1ccn2c(NCc3ccccc3)c(-c3ccc(N4CCNCC4)cc3)nc2c1.Cc1noc(C)c1-c1ccnc(N)c1.Cc1noc(C)c1B1OC(C)(C)C(C)(C)O1.Cl.Nc1cc(Br)ccn1.[C-]#[N+]Cc1ccccc1. The number of benzene rings is 6. The van der Waals surface area contributed by atoms with E-state index < -0.39 is 11.2 Å². The molecule has 16 aromatic rings. The predicted octanol–water partition coefficient (Wildman–Crippen LogP) is 22.5. The van der Waals surface area contributed by atoms with Gasteiger partial charge in [0.15, 0.2) is 0 Å². The lowest BCUT2D eigenvalue weighted by Crippen LogP contribution is -2.50. The van der Waals surface area contributed by atoms with Crippen LogP contribution in [0.2, 0.25) is 0 Å². The highest BCUT2D eigenvalue weighted by Gasteiger charge is 2.53. The quantitative estimate of drug-likeness (QED) is 0.0417. The second-order valence-electron chi connectivity index (χ2n) is 39.1. The summed E-state index contributed by atoms with van der Waals surface area (Å²) in [5.41, 5.74) is 32.5. The number of rotatable bonds is 17. The minimum atomic E-state index is -0.493. The van der Waals surface area contributed by atoms with Crippen molar-refractivity contribution in [2.24, 2.45) is 0 Å². The lowest BCUT2D eigenvalue weighted by molar-refractivity contribution is 0.00578. The number of amides is 2. The summed E-state index contributed by atoms with van der Waals surface area (Å²) in [6.07, 6.45) is 6.99. The van der Waals surface area contributed by atoms with Crippen molar-refractivity contribution in [3.8, 4) is 61.6 Å². The van der Waals surface area contributed by atoms with Gasteiger partial charge in [-0.25, -0.2) is 36.1 Å². The number of aromatic nitrogens is 10. The average Bonchev–Trinajstić information content (AvgIpc) is 1.63. The molecule has 10 aromatic heterocycles. The Morgan fingerprint density at radius 1 is 0.459 bits per heavy atom. The van der Waals surface area contributed by atoms with E-state index in [1.165, 1.54) is 16.8 Å². The summed E-state index contributed by atoms with van der Waals surface area (Å²) in [6.45, 7) is 53.2. The maximum Gasteiger partial charge on any atom is 0.500 e. The molecular formula is C113H134BBrClN21O11. The third-order valence-corrected chi connectivity index (χ3v) is 26.0. The van der Waals surface area contributed by atoms with Crippen LogP contribution in [0.15, 0.2) is 260 Å². The van der Waals surface area contributed by atoms with Crippen LogP contribution in [0.1, 0.15) is 132 Å². The van der Waals surface area contributed by atoms with Crippen molar-refractivity contribution in [2.75, 3.05) is 122 Å². The van der Waals surface area contributed by atoms with Crippen LogP contribution in [0.4, 0.5) is 49.9 Å². The van der Waals surface area contributed by atoms with Gasteiger partial charge in [-0.15, -0.1) is 12.4 Å². The van der Waals surface area contributed by atoms with Gasteiger partial charge < -0.3 is 98.4 Å². The lowest BCUT2D eigenvalue weighted by Gasteiger charge is -2.36. The molecule has 14 heterocycles. The molecule has 32 nitrogen and oxygen atoms in total. The number of halogens is 2. The zero-order chi connectivity index (χ0) is 105. The number of methoxy groups -OCH3 is 1. The van der Waals surface area contributed by atoms with Crippen molar-refractivity contribution < 1.29 is 51.2 Å². The van der Waals surface area contributed by atoms with Gasteiger partial charge in [-0.3, -0.25) is 8.80 Å². The van der Waals surface area contributed by atoms with Crippen molar-refractivity contribution in [3.05, 3.63) is 316 Å². The maximum atomic E-state index is 12.5. The molecule has 2 amide bonds. The Morgan fingerprint density at radius 2 is 0.824 bits per heavy atom. The smallest absolute Gasteiger partial charge is 0.497 e. The van der Waals surface area contributed by atoms with E-state index in [-0.39, 0.29) is 42.9 Å².